The molecule has 3 rings (SSSR count). The van der Waals surface area contributed by atoms with Crippen LogP contribution in [0.2, 0.25) is 5.02 Å². The maximum absolute atomic E-state index is 12.8. The van der Waals surface area contributed by atoms with E-state index >= 15 is 0 Å². The van der Waals surface area contributed by atoms with Crippen LogP contribution in [0.1, 0.15) is 50.5 Å². The van der Waals surface area contributed by atoms with Gasteiger partial charge in [-0.05, 0) is 56.4 Å². The minimum atomic E-state index is -0.0218. The number of nitrogens with zero attached hydrogens (tertiary/aromatic N) is 1. The molecule has 0 unspecified atom stereocenters. The Morgan fingerprint density at radius 3 is 2.63 bits per heavy atom. The van der Waals surface area contributed by atoms with Crippen LogP contribution in [-0.2, 0) is 4.79 Å². The number of piperidine rings is 1. The molecule has 0 spiro atoms. The zero-order valence-corrected chi connectivity index (χ0v) is 17.0. The van der Waals surface area contributed by atoms with Gasteiger partial charge in [0.15, 0.2) is 0 Å². The van der Waals surface area contributed by atoms with Gasteiger partial charge < -0.3 is 15.2 Å². The maximum atomic E-state index is 12.8. The highest BCUT2D eigenvalue weighted by Crippen LogP contribution is 2.27. The second-order valence-corrected chi connectivity index (χ2v) is 8.09. The summed E-state index contributed by atoms with van der Waals surface area (Å²) in [6, 6.07) is 7.62. The minimum Gasteiger partial charge on any atom is -0.353 e. The molecule has 2 heterocycles. The van der Waals surface area contributed by atoms with Gasteiger partial charge in [-0.2, -0.15) is 0 Å². The first-order valence-electron chi connectivity index (χ1n) is 9.77. The molecule has 27 heavy (non-hydrogen) atoms. The van der Waals surface area contributed by atoms with E-state index < -0.39 is 0 Å². The molecule has 0 radical (unpaired) electrons. The van der Waals surface area contributed by atoms with Crippen LogP contribution < -0.4 is 5.32 Å². The van der Waals surface area contributed by atoms with E-state index in [2.05, 4.69) is 17.2 Å². The van der Waals surface area contributed by atoms with Crippen molar-refractivity contribution < 1.29 is 9.59 Å². The summed E-state index contributed by atoms with van der Waals surface area (Å²) in [5.74, 6) is 0.435. The molecule has 146 valence electrons. The van der Waals surface area contributed by atoms with Crippen molar-refractivity contribution >= 4 is 34.3 Å². The summed E-state index contributed by atoms with van der Waals surface area (Å²) in [6.07, 6.45) is 2.64. The summed E-state index contributed by atoms with van der Waals surface area (Å²) in [7, 11) is 0. The largest absolute Gasteiger partial charge is 0.353 e. The third kappa shape index (κ3) is 4.46. The van der Waals surface area contributed by atoms with Crippen LogP contribution in [-0.4, -0.2) is 40.8 Å². The van der Waals surface area contributed by atoms with E-state index in [4.69, 9.17) is 11.6 Å². The van der Waals surface area contributed by atoms with E-state index in [1.165, 1.54) is 0 Å². The Hall–Kier alpha value is -2.01. The zero-order chi connectivity index (χ0) is 19.6. The molecule has 1 aromatic carbocycles. The number of hydrogen-bond donors (Lipinski definition) is 2. The average Bonchev–Trinajstić information content (AvgIpc) is 3.09. The van der Waals surface area contributed by atoms with Gasteiger partial charge in [0.2, 0.25) is 5.91 Å². The Balaban J connectivity index is 1.59. The topological polar surface area (TPSA) is 65.2 Å². The number of fused-ring (bicyclic) bond motifs is 1. The third-order valence-corrected chi connectivity index (χ3v) is 6.00. The average molecular weight is 390 g/mol. The number of hydrogen-bond acceptors (Lipinski definition) is 2. The number of amides is 2. The van der Waals surface area contributed by atoms with Crippen LogP contribution >= 0.6 is 11.6 Å². The smallest absolute Gasteiger partial charge is 0.270 e. The molecule has 1 saturated heterocycles. The Bertz CT molecular complexity index is 824. The van der Waals surface area contributed by atoms with Crippen molar-refractivity contribution in [3.05, 3.63) is 35.0 Å². The molecular formula is C21H28ClN3O2. The molecule has 2 N–H and O–H groups in total. The van der Waals surface area contributed by atoms with Gasteiger partial charge >= 0.3 is 0 Å². The monoisotopic (exact) mass is 389 g/mol. The van der Waals surface area contributed by atoms with Crippen LogP contribution in [0.15, 0.2) is 24.3 Å². The van der Waals surface area contributed by atoms with Gasteiger partial charge in [0.1, 0.15) is 5.69 Å². The number of benzene rings is 1. The molecule has 2 amide bonds. The minimum absolute atomic E-state index is 0.0116. The lowest BCUT2D eigenvalue weighted by atomic mass is 9.84. The highest BCUT2D eigenvalue weighted by molar-refractivity contribution is 6.31. The fraction of sp³-hybridized carbons (Fsp3) is 0.524. The van der Waals surface area contributed by atoms with Gasteiger partial charge in [0.05, 0.1) is 0 Å². The molecule has 1 aliphatic rings. The fourth-order valence-corrected chi connectivity index (χ4v) is 3.86. The van der Waals surface area contributed by atoms with Crippen molar-refractivity contribution in [2.75, 3.05) is 13.1 Å². The summed E-state index contributed by atoms with van der Waals surface area (Å²) < 4.78 is 0. The van der Waals surface area contributed by atoms with Gasteiger partial charge in [0, 0.05) is 41.0 Å². The number of halogens is 1. The summed E-state index contributed by atoms with van der Waals surface area (Å²) in [6.45, 7) is 7.46. The third-order valence-electron chi connectivity index (χ3n) is 5.76. The maximum Gasteiger partial charge on any atom is 0.270 e. The summed E-state index contributed by atoms with van der Waals surface area (Å²) in [5.41, 5.74) is 1.50. The van der Waals surface area contributed by atoms with Gasteiger partial charge in [-0.1, -0.05) is 25.4 Å². The normalized spacial score (nSPS) is 17.7. The predicted molar refractivity (Wildman–Crippen MR) is 109 cm³/mol. The number of rotatable bonds is 5. The molecular weight excluding hydrogens is 362 g/mol. The first-order chi connectivity index (χ1) is 12.9. The first kappa shape index (κ1) is 19.7. The van der Waals surface area contributed by atoms with Gasteiger partial charge in [-0.25, -0.2) is 0 Å². The molecule has 0 saturated carbocycles. The molecule has 0 bridgehead atoms. The highest BCUT2D eigenvalue weighted by Gasteiger charge is 2.30. The molecule has 1 fully saturated rings. The fourth-order valence-electron chi connectivity index (χ4n) is 3.68. The van der Waals surface area contributed by atoms with Crippen molar-refractivity contribution in [1.82, 2.24) is 15.2 Å². The Labute approximate surface area is 165 Å². The molecule has 1 aliphatic heterocycles. The summed E-state index contributed by atoms with van der Waals surface area (Å²) >= 11 is 6.03. The van der Waals surface area contributed by atoms with E-state index in [1.807, 2.05) is 43.0 Å². The van der Waals surface area contributed by atoms with Gasteiger partial charge in [-0.3, -0.25) is 9.59 Å². The lowest BCUT2D eigenvalue weighted by molar-refractivity contribution is -0.127. The summed E-state index contributed by atoms with van der Waals surface area (Å²) in [5, 5.41) is 4.67. The van der Waals surface area contributed by atoms with Crippen molar-refractivity contribution in [3.8, 4) is 0 Å². The van der Waals surface area contributed by atoms with E-state index in [9.17, 15) is 9.59 Å². The molecule has 5 nitrogen and oxygen atoms in total. The Morgan fingerprint density at radius 2 is 1.96 bits per heavy atom. The van der Waals surface area contributed by atoms with E-state index in [0.29, 0.717) is 29.7 Å². The van der Waals surface area contributed by atoms with E-state index in [0.717, 1.165) is 30.2 Å². The predicted octanol–water partition coefficient (Wildman–Crippen LogP) is 4.22. The van der Waals surface area contributed by atoms with Gasteiger partial charge in [0.25, 0.3) is 5.91 Å². The molecule has 2 atom stereocenters. The van der Waals surface area contributed by atoms with Crippen molar-refractivity contribution in [2.45, 2.75) is 46.1 Å². The molecule has 1 aromatic heterocycles. The first-order valence-corrected chi connectivity index (χ1v) is 10.1. The van der Waals surface area contributed by atoms with Crippen LogP contribution in [0.3, 0.4) is 0 Å². The molecule has 6 heteroatoms. The van der Waals surface area contributed by atoms with E-state index in [1.54, 1.807) is 0 Å². The van der Waals surface area contributed by atoms with E-state index in [-0.39, 0.29) is 23.8 Å². The van der Waals surface area contributed by atoms with Crippen LogP contribution in [0.5, 0.6) is 0 Å². The number of aromatic nitrogens is 1. The lowest BCUT2D eigenvalue weighted by Crippen LogP contribution is -2.44. The van der Waals surface area contributed by atoms with Crippen LogP contribution in [0.4, 0.5) is 0 Å². The Morgan fingerprint density at radius 1 is 1.26 bits per heavy atom. The number of nitrogens with one attached hydrogen (secondary N) is 2. The molecule has 2 aromatic rings. The number of carbonyl (C=O) groups excluding carboxylic acids is 2. The molecule has 0 aliphatic carbocycles. The SMILES string of the molecule is CC[C@@H](C)NC(=O)[C@H](C)C1CCN(C(=O)c2cc3cc(Cl)ccc3[nH]2)CC1. The second-order valence-electron chi connectivity index (χ2n) is 7.65. The Kier molecular flexibility index (Phi) is 6.10. The number of aromatic amines is 1. The van der Waals surface area contributed by atoms with Crippen molar-refractivity contribution in [2.24, 2.45) is 11.8 Å². The van der Waals surface area contributed by atoms with Crippen molar-refractivity contribution in [1.29, 1.82) is 0 Å². The zero-order valence-electron chi connectivity index (χ0n) is 16.2. The van der Waals surface area contributed by atoms with Crippen LogP contribution in [0, 0.1) is 11.8 Å². The number of H-pyrrole nitrogens is 1. The highest BCUT2D eigenvalue weighted by atomic mass is 35.5. The quantitative estimate of drug-likeness (QED) is 0.803. The van der Waals surface area contributed by atoms with Crippen molar-refractivity contribution in [3.63, 3.8) is 0 Å². The lowest BCUT2D eigenvalue weighted by Gasteiger charge is -2.34. The second kappa shape index (κ2) is 8.34. The standard InChI is InChI=1S/C21H28ClN3O2/c1-4-13(2)23-20(26)14(3)15-7-9-25(10-8-15)21(27)19-12-16-11-17(22)5-6-18(16)24-19/h5-6,11-15,24H,4,7-10H2,1-3H3,(H,23,26)/t13-,14-/m1/s1. The summed E-state index contributed by atoms with van der Waals surface area (Å²) in [4.78, 5) is 30.3. The number of likely N-dealkylation sites (tertiary alicyclic amines) is 1. The van der Waals surface area contributed by atoms with Crippen LogP contribution in [0.25, 0.3) is 10.9 Å². The number of carbonyl (C=O) groups is 2. The van der Waals surface area contributed by atoms with Gasteiger partial charge in [-0.15, -0.1) is 0 Å².